The maximum Gasteiger partial charge on any atom is 0.271 e. The number of carbonyl (C=O) groups excluding carboxylic acids is 4. The van der Waals surface area contributed by atoms with E-state index in [-0.39, 0.29) is 18.5 Å². The molecule has 1 aliphatic heterocycles. The van der Waals surface area contributed by atoms with E-state index in [1.165, 1.54) is 0 Å². The molecule has 0 bridgehead atoms. The lowest BCUT2D eigenvalue weighted by Crippen LogP contribution is -2.48. The monoisotopic (exact) mass is 431 g/mol. The molecule has 2 aliphatic rings. The summed E-state index contributed by atoms with van der Waals surface area (Å²) < 4.78 is 0. The second kappa shape index (κ2) is 7.84. The number of nitrogens with one attached hydrogen (secondary N) is 4. The highest BCUT2D eigenvalue weighted by atomic mass is 16.2. The topological polar surface area (TPSA) is 123 Å². The molecule has 1 aromatic heterocycles. The van der Waals surface area contributed by atoms with E-state index in [2.05, 4.69) is 21.2 Å². The van der Waals surface area contributed by atoms with E-state index in [9.17, 15) is 19.2 Å². The maximum atomic E-state index is 12.9. The van der Waals surface area contributed by atoms with Crippen LogP contribution in [0.3, 0.4) is 0 Å². The average molecular weight is 431 g/mol. The summed E-state index contributed by atoms with van der Waals surface area (Å²) >= 11 is 0. The molecule has 2 aromatic carbocycles. The van der Waals surface area contributed by atoms with Crippen molar-refractivity contribution in [3.8, 4) is 0 Å². The number of H-pyrrole nitrogens is 1. The Kier molecular flexibility index (Phi) is 4.85. The molecule has 9 heteroatoms. The number of hydrogen-bond donors (Lipinski definition) is 4. The Labute approximate surface area is 183 Å². The summed E-state index contributed by atoms with van der Waals surface area (Å²) in [6.45, 7) is -0.335. The van der Waals surface area contributed by atoms with Gasteiger partial charge in [-0.2, -0.15) is 0 Å². The van der Waals surface area contributed by atoms with Crippen molar-refractivity contribution < 1.29 is 19.2 Å². The standard InChI is InChI=1S/C23H21N5O4/c29-19(26-27-21(30)17-11-24-18-8-4-3-5-14(17)18)12-25-22(31)20-15-6-1-2-7-16(15)23(32)28(20)13-9-10-13/h1-8,11,13,20,24H,9-10,12H2,(H,25,31)(H,26,29)(H,27,30). The first-order chi connectivity index (χ1) is 15.5. The van der Waals surface area contributed by atoms with Gasteiger partial charge < -0.3 is 15.2 Å². The van der Waals surface area contributed by atoms with Gasteiger partial charge in [0.25, 0.3) is 17.7 Å². The fourth-order valence-electron chi connectivity index (χ4n) is 4.09. The van der Waals surface area contributed by atoms with Crippen LogP contribution in [0.5, 0.6) is 0 Å². The van der Waals surface area contributed by atoms with Crippen molar-refractivity contribution in [3.05, 3.63) is 71.4 Å². The van der Waals surface area contributed by atoms with E-state index in [4.69, 9.17) is 0 Å². The Bertz CT molecular complexity index is 1250. The lowest BCUT2D eigenvalue weighted by Gasteiger charge is -2.24. The van der Waals surface area contributed by atoms with Crippen LogP contribution < -0.4 is 16.2 Å². The minimum absolute atomic E-state index is 0.0509. The van der Waals surface area contributed by atoms with Crippen molar-refractivity contribution in [2.75, 3.05) is 6.54 Å². The highest BCUT2D eigenvalue weighted by Gasteiger charge is 2.47. The third kappa shape index (κ3) is 3.47. The number of aromatic nitrogens is 1. The van der Waals surface area contributed by atoms with Crippen molar-refractivity contribution in [3.63, 3.8) is 0 Å². The van der Waals surface area contributed by atoms with Gasteiger partial charge >= 0.3 is 0 Å². The highest BCUT2D eigenvalue weighted by Crippen LogP contribution is 2.41. The number of para-hydroxylation sites is 1. The van der Waals surface area contributed by atoms with Crippen LogP contribution in [-0.2, 0) is 9.59 Å². The summed E-state index contributed by atoms with van der Waals surface area (Å²) in [5.74, 6) is -1.63. The third-order valence-electron chi connectivity index (χ3n) is 5.76. The van der Waals surface area contributed by atoms with Crippen molar-refractivity contribution in [1.29, 1.82) is 0 Å². The van der Waals surface area contributed by atoms with Crippen LogP contribution in [-0.4, -0.2) is 46.1 Å². The highest BCUT2D eigenvalue weighted by molar-refractivity contribution is 6.07. The number of aromatic amines is 1. The van der Waals surface area contributed by atoms with Gasteiger partial charge in [-0.1, -0.05) is 36.4 Å². The van der Waals surface area contributed by atoms with Gasteiger partial charge in [-0.15, -0.1) is 0 Å². The number of carbonyl (C=O) groups is 4. The zero-order valence-electron chi connectivity index (χ0n) is 17.1. The Morgan fingerprint density at radius 3 is 2.56 bits per heavy atom. The number of hydrogen-bond acceptors (Lipinski definition) is 4. The molecule has 0 saturated heterocycles. The van der Waals surface area contributed by atoms with Gasteiger partial charge in [0.1, 0.15) is 6.04 Å². The zero-order valence-corrected chi connectivity index (χ0v) is 17.1. The SMILES string of the molecule is O=C(CNC(=O)C1c2ccccc2C(=O)N1C1CC1)NNC(=O)c1c[nH]c2ccccc12. The Morgan fingerprint density at radius 2 is 1.75 bits per heavy atom. The second-order valence-electron chi connectivity index (χ2n) is 7.90. The fourth-order valence-corrected chi connectivity index (χ4v) is 4.09. The molecule has 1 fully saturated rings. The van der Waals surface area contributed by atoms with Crippen LogP contribution in [0.25, 0.3) is 10.9 Å². The van der Waals surface area contributed by atoms with Crippen LogP contribution >= 0.6 is 0 Å². The Hall–Kier alpha value is -4.14. The summed E-state index contributed by atoms with van der Waals surface area (Å²) in [6, 6.07) is 13.7. The normalized spacial score (nSPS) is 17.2. The number of benzene rings is 2. The van der Waals surface area contributed by atoms with Crippen LogP contribution in [0.4, 0.5) is 0 Å². The smallest absolute Gasteiger partial charge is 0.271 e. The quantitative estimate of drug-likeness (QED) is 0.456. The van der Waals surface area contributed by atoms with Gasteiger partial charge in [0.2, 0.25) is 5.91 Å². The van der Waals surface area contributed by atoms with E-state index in [0.29, 0.717) is 16.7 Å². The van der Waals surface area contributed by atoms with Crippen LogP contribution in [0.1, 0.15) is 45.2 Å². The maximum absolute atomic E-state index is 12.9. The first-order valence-electron chi connectivity index (χ1n) is 10.4. The molecular weight excluding hydrogens is 410 g/mol. The Morgan fingerprint density at radius 1 is 1.00 bits per heavy atom. The molecular formula is C23H21N5O4. The largest absolute Gasteiger partial charge is 0.360 e. The van der Waals surface area contributed by atoms with E-state index in [1.807, 2.05) is 18.2 Å². The van der Waals surface area contributed by atoms with Crippen LogP contribution in [0.2, 0.25) is 0 Å². The molecule has 4 N–H and O–H groups in total. The second-order valence-corrected chi connectivity index (χ2v) is 7.90. The van der Waals surface area contributed by atoms with Crippen LogP contribution in [0, 0.1) is 0 Å². The minimum atomic E-state index is -0.750. The van der Waals surface area contributed by atoms with Gasteiger partial charge in [-0.25, -0.2) is 0 Å². The van der Waals surface area contributed by atoms with E-state index in [1.54, 1.807) is 41.4 Å². The van der Waals surface area contributed by atoms with E-state index in [0.717, 1.165) is 23.7 Å². The predicted octanol–water partition coefficient (Wildman–Crippen LogP) is 1.40. The molecule has 1 atom stereocenters. The third-order valence-corrected chi connectivity index (χ3v) is 5.76. The molecule has 32 heavy (non-hydrogen) atoms. The lowest BCUT2D eigenvalue weighted by molar-refractivity contribution is -0.129. The van der Waals surface area contributed by atoms with Gasteiger partial charge in [-0.3, -0.25) is 30.0 Å². The molecule has 162 valence electrons. The molecule has 9 nitrogen and oxygen atoms in total. The number of amides is 4. The van der Waals surface area contributed by atoms with Gasteiger partial charge in [-0.05, 0) is 30.5 Å². The molecule has 1 aliphatic carbocycles. The zero-order chi connectivity index (χ0) is 22.2. The number of hydrazine groups is 1. The van der Waals surface area contributed by atoms with Crippen molar-refractivity contribution in [2.45, 2.75) is 24.9 Å². The first kappa shape index (κ1) is 19.8. The molecule has 4 amide bonds. The molecule has 0 spiro atoms. The molecule has 2 heterocycles. The number of fused-ring (bicyclic) bond motifs is 2. The van der Waals surface area contributed by atoms with Crippen molar-refractivity contribution >= 4 is 34.5 Å². The molecule has 3 aromatic rings. The first-order valence-corrected chi connectivity index (χ1v) is 10.4. The predicted molar refractivity (Wildman–Crippen MR) is 115 cm³/mol. The molecule has 1 unspecified atom stereocenters. The lowest BCUT2D eigenvalue weighted by atomic mass is 10.0. The summed E-state index contributed by atoms with van der Waals surface area (Å²) in [5, 5.41) is 3.32. The van der Waals surface area contributed by atoms with Gasteiger partial charge in [0.05, 0.1) is 12.1 Å². The van der Waals surface area contributed by atoms with E-state index >= 15 is 0 Å². The summed E-state index contributed by atoms with van der Waals surface area (Å²) in [5.41, 5.74) is 7.04. The van der Waals surface area contributed by atoms with Gasteiger partial charge in [0.15, 0.2) is 0 Å². The molecule has 1 saturated carbocycles. The average Bonchev–Trinajstić information content (AvgIpc) is 3.48. The van der Waals surface area contributed by atoms with Crippen molar-refractivity contribution in [2.24, 2.45) is 0 Å². The summed E-state index contributed by atoms with van der Waals surface area (Å²) in [7, 11) is 0. The number of rotatable bonds is 5. The van der Waals surface area contributed by atoms with Gasteiger partial charge in [0, 0.05) is 28.7 Å². The molecule has 5 rings (SSSR count). The minimum Gasteiger partial charge on any atom is -0.360 e. The van der Waals surface area contributed by atoms with Crippen molar-refractivity contribution in [1.82, 2.24) is 26.1 Å². The van der Waals surface area contributed by atoms with E-state index < -0.39 is 23.8 Å². The fraction of sp³-hybridized carbons (Fsp3) is 0.217. The Balaban J connectivity index is 1.19. The van der Waals surface area contributed by atoms with Crippen LogP contribution in [0.15, 0.2) is 54.7 Å². The summed E-state index contributed by atoms with van der Waals surface area (Å²) in [6.07, 6.45) is 3.29. The number of nitrogens with zero attached hydrogens (tertiary/aromatic N) is 1. The summed E-state index contributed by atoms with van der Waals surface area (Å²) in [4.78, 5) is 54.8. The molecule has 0 radical (unpaired) electrons.